The van der Waals surface area contributed by atoms with Crippen molar-refractivity contribution >= 4 is 52.0 Å². The van der Waals surface area contributed by atoms with E-state index in [0.717, 1.165) is 35.0 Å². The van der Waals surface area contributed by atoms with E-state index in [1.165, 1.54) is 11.5 Å². The fourth-order valence-electron chi connectivity index (χ4n) is 3.30. The predicted octanol–water partition coefficient (Wildman–Crippen LogP) is 5.60. The highest BCUT2D eigenvalue weighted by Gasteiger charge is 2.28. The van der Waals surface area contributed by atoms with Gasteiger partial charge in [0.15, 0.2) is 5.15 Å². The van der Waals surface area contributed by atoms with Crippen molar-refractivity contribution in [3.8, 4) is 16.3 Å². The van der Waals surface area contributed by atoms with Crippen LogP contribution >= 0.6 is 46.1 Å². The Morgan fingerprint density at radius 3 is 2.96 bits per heavy atom. The number of likely N-dealkylation sites (tertiary alicyclic amines) is 1. The van der Waals surface area contributed by atoms with Gasteiger partial charge < -0.3 is 9.64 Å². The monoisotopic (exact) mass is 453 g/mol. The molecular formula is C19H17Cl2N3O2S2. The number of thiazole rings is 1. The quantitative estimate of drug-likeness (QED) is 0.515. The number of piperidine rings is 1. The molecule has 3 heterocycles. The Morgan fingerprint density at radius 2 is 2.21 bits per heavy atom. The van der Waals surface area contributed by atoms with Crippen molar-refractivity contribution in [2.75, 3.05) is 20.2 Å². The molecule has 1 atom stereocenters. The van der Waals surface area contributed by atoms with Gasteiger partial charge >= 0.3 is 0 Å². The standard InChI is InChI=1S/C19H17Cl2N3O2S2/c1-26-13-6-2-4-11(8-13)19(25)24-7-3-5-12(9-24)18-22-14(10-27-18)16-15(20)17(21)23-28-16/h2,4,6,8,10,12H,3,5,7,9H2,1H3. The van der Waals surface area contributed by atoms with Gasteiger partial charge in [-0.25, -0.2) is 4.98 Å². The van der Waals surface area contributed by atoms with Crippen molar-refractivity contribution in [2.24, 2.45) is 0 Å². The summed E-state index contributed by atoms with van der Waals surface area (Å²) >= 11 is 15.0. The normalized spacial score (nSPS) is 17.0. The van der Waals surface area contributed by atoms with E-state index in [1.54, 1.807) is 24.5 Å². The van der Waals surface area contributed by atoms with E-state index in [2.05, 4.69) is 4.37 Å². The second-order valence-electron chi connectivity index (χ2n) is 6.51. The largest absolute Gasteiger partial charge is 0.497 e. The van der Waals surface area contributed by atoms with Crippen LogP contribution in [0, 0.1) is 0 Å². The average molecular weight is 454 g/mol. The van der Waals surface area contributed by atoms with E-state index < -0.39 is 0 Å². The van der Waals surface area contributed by atoms with Gasteiger partial charge in [0.2, 0.25) is 0 Å². The highest BCUT2D eigenvalue weighted by Crippen LogP contribution is 2.39. The molecule has 0 bridgehead atoms. The molecule has 3 aromatic rings. The second kappa shape index (κ2) is 8.37. The number of ether oxygens (including phenoxy) is 1. The maximum atomic E-state index is 12.9. The highest BCUT2D eigenvalue weighted by molar-refractivity contribution is 7.12. The van der Waals surface area contributed by atoms with Crippen LogP contribution in [0.25, 0.3) is 10.6 Å². The van der Waals surface area contributed by atoms with Gasteiger partial charge in [0, 0.05) is 30.0 Å². The number of methoxy groups -OCH3 is 1. The minimum Gasteiger partial charge on any atom is -0.497 e. The molecule has 0 spiro atoms. The average Bonchev–Trinajstić information content (AvgIpc) is 3.35. The number of benzene rings is 1. The van der Waals surface area contributed by atoms with Crippen LogP contribution in [0.15, 0.2) is 29.6 Å². The number of aromatic nitrogens is 2. The van der Waals surface area contributed by atoms with Gasteiger partial charge in [-0.2, -0.15) is 4.37 Å². The van der Waals surface area contributed by atoms with Crippen LogP contribution in [0.3, 0.4) is 0 Å². The maximum Gasteiger partial charge on any atom is 0.254 e. The van der Waals surface area contributed by atoms with Crippen LogP contribution in [0.4, 0.5) is 0 Å². The van der Waals surface area contributed by atoms with E-state index in [4.69, 9.17) is 32.9 Å². The first kappa shape index (κ1) is 19.6. The third-order valence-corrected chi connectivity index (χ3v) is 7.55. The molecule has 2 aromatic heterocycles. The molecule has 1 aliphatic rings. The second-order valence-corrected chi connectivity index (χ2v) is 8.91. The number of nitrogens with zero attached hydrogens (tertiary/aromatic N) is 3. The zero-order valence-corrected chi connectivity index (χ0v) is 18.2. The van der Waals surface area contributed by atoms with Crippen LogP contribution in [0.1, 0.15) is 34.1 Å². The molecule has 146 valence electrons. The SMILES string of the molecule is COc1cccc(C(=O)N2CCCC(c3nc(-c4snc(Cl)c4Cl)cs3)C2)c1. The first-order chi connectivity index (χ1) is 13.6. The number of carbonyl (C=O) groups excluding carboxylic acids is 1. The van der Waals surface area contributed by atoms with Gasteiger partial charge in [0.05, 0.1) is 27.7 Å². The lowest BCUT2D eigenvalue weighted by atomic mass is 9.98. The van der Waals surface area contributed by atoms with Crippen LogP contribution in [-0.4, -0.2) is 40.4 Å². The van der Waals surface area contributed by atoms with Gasteiger partial charge in [-0.05, 0) is 42.6 Å². The lowest BCUT2D eigenvalue weighted by Crippen LogP contribution is -2.39. The summed E-state index contributed by atoms with van der Waals surface area (Å²) in [5.41, 5.74) is 1.44. The van der Waals surface area contributed by atoms with Crippen LogP contribution in [0.5, 0.6) is 5.75 Å². The van der Waals surface area contributed by atoms with E-state index in [-0.39, 0.29) is 11.8 Å². The third kappa shape index (κ3) is 3.89. The summed E-state index contributed by atoms with van der Waals surface area (Å²) in [6.07, 6.45) is 1.95. The van der Waals surface area contributed by atoms with E-state index in [9.17, 15) is 4.79 Å². The molecule has 1 fully saturated rings. The number of carbonyl (C=O) groups is 1. The molecule has 9 heteroatoms. The molecule has 0 saturated carbocycles. The van der Waals surface area contributed by atoms with E-state index in [1.807, 2.05) is 28.5 Å². The Labute approximate surface area is 181 Å². The minimum atomic E-state index is 0.0256. The molecule has 1 aliphatic heterocycles. The zero-order valence-electron chi connectivity index (χ0n) is 15.0. The Bertz CT molecular complexity index is 1000. The van der Waals surface area contributed by atoms with E-state index in [0.29, 0.717) is 28.0 Å². The summed E-state index contributed by atoms with van der Waals surface area (Å²) in [6, 6.07) is 7.28. The van der Waals surface area contributed by atoms with Gasteiger partial charge in [0.25, 0.3) is 5.91 Å². The molecule has 1 saturated heterocycles. The van der Waals surface area contributed by atoms with Crippen LogP contribution in [0.2, 0.25) is 10.2 Å². The molecule has 0 radical (unpaired) electrons. The summed E-state index contributed by atoms with van der Waals surface area (Å²) in [5.74, 6) is 0.922. The summed E-state index contributed by atoms with van der Waals surface area (Å²) in [7, 11) is 1.60. The summed E-state index contributed by atoms with van der Waals surface area (Å²) in [4.78, 5) is 20.4. The lowest BCUT2D eigenvalue weighted by molar-refractivity contribution is 0.0706. The molecule has 1 amide bonds. The molecule has 1 unspecified atom stereocenters. The molecule has 1 aromatic carbocycles. The van der Waals surface area contributed by atoms with Gasteiger partial charge in [0.1, 0.15) is 5.75 Å². The molecule has 5 nitrogen and oxygen atoms in total. The maximum absolute atomic E-state index is 12.9. The number of hydrogen-bond donors (Lipinski definition) is 0. The van der Waals surface area contributed by atoms with Crippen LogP contribution < -0.4 is 4.74 Å². The van der Waals surface area contributed by atoms with Crippen molar-refractivity contribution < 1.29 is 9.53 Å². The number of amides is 1. The van der Waals surface area contributed by atoms with Crippen LogP contribution in [-0.2, 0) is 0 Å². The Balaban J connectivity index is 1.51. The fourth-order valence-corrected chi connectivity index (χ4v) is 5.50. The Hall–Kier alpha value is -1.67. The van der Waals surface area contributed by atoms with Gasteiger partial charge in [-0.15, -0.1) is 11.3 Å². The minimum absolute atomic E-state index is 0.0256. The lowest BCUT2D eigenvalue weighted by Gasteiger charge is -2.32. The fraction of sp³-hybridized carbons (Fsp3) is 0.316. The predicted molar refractivity (Wildman–Crippen MR) is 114 cm³/mol. The number of hydrogen-bond acceptors (Lipinski definition) is 6. The molecule has 0 N–H and O–H groups in total. The van der Waals surface area contributed by atoms with E-state index >= 15 is 0 Å². The molecule has 0 aliphatic carbocycles. The molecular weight excluding hydrogens is 437 g/mol. The highest BCUT2D eigenvalue weighted by atomic mass is 35.5. The van der Waals surface area contributed by atoms with Crippen molar-refractivity contribution in [3.05, 3.63) is 50.4 Å². The molecule has 4 rings (SSSR count). The number of rotatable bonds is 4. The smallest absolute Gasteiger partial charge is 0.254 e. The first-order valence-electron chi connectivity index (χ1n) is 8.76. The first-order valence-corrected chi connectivity index (χ1v) is 11.2. The van der Waals surface area contributed by atoms with Crippen molar-refractivity contribution in [1.29, 1.82) is 0 Å². The zero-order chi connectivity index (χ0) is 19.7. The Kier molecular flexibility index (Phi) is 5.87. The number of halogens is 2. The summed E-state index contributed by atoms with van der Waals surface area (Å²) in [6.45, 7) is 1.40. The Morgan fingerprint density at radius 1 is 1.36 bits per heavy atom. The van der Waals surface area contributed by atoms with Gasteiger partial charge in [-0.1, -0.05) is 29.3 Å². The molecule has 28 heavy (non-hydrogen) atoms. The van der Waals surface area contributed by atoms with Crippen molar-refractivity contribution in [3.63, 3.8) is 0 Å². The third-order valence-electron chi connectivity index (χ3n) is 4.73. The summed E-state index contributed by atoms with van der Waals surface area (Å²) in [5, 5.41) is 3.75. The summed E-state index contributed by atoms with van der Waals surface area (Å²) < 4.78 is 9.31. The van der Waals surface area contributed by atoms with Crippen molar-refractivity contribution in [2.45, 2.75) is 18.8 Å². The van der Waals surface area contributed by atoms with Crippen molar-refractivity contribution in [1.82, 2.24) is 14.3 Å². The topological polar surface area (TPSA) is 55.3 Å². The van der Waals surface area contributed by atoms with Gasteiger partial charge in [-0.3, -0.25) is 4.79 Å².